The Balaban J connectivity index is 1.52. The molecular formula is C34H39N9O3. The van der Waals surface area contributed by atoms with Crippen molar-refractivity contribution >= 4 is 51.5 Å². The molecule has 2 aromatic heterocycles. The lowest BCUT2D eigenvalue weighted by atomic mass is 10.2. The first-order valence-corrected chi connectivity index (χ1v) is 15.2. The van der Waals surface area contributed by atoms with Crippen molar-refractivity contribution < 1.29 is 14.3 Å². The van der Waals surface area contributed by atoms with Crippen molar-refractivity contribution in [3.8, 4) is 11.8 Å². The van der Waals surface area contributed by atoms with Gasteiger partial charge in [-0.05, 0) is 63.3 Å². The summed E-state index contributed by atoms with van der Waals surface area (Å²) < 4.78 is 7.76. The van der Waals surface area contributed by atoms with Crippen molar-refractivity contribution in [2.75, 3.05) is 62.2 Å². The van der Waals surface area contributed by atoms with Crippen LogP contribution < -0.4 is 25.6 Å². The third-order valence-corrected chi connectivity index (χ3v) is 8.05. The van der Waals surface area contributed by atoms with Crippen LogP contribution in [-0.2, 0) is 4.79 Å². The fourth-order valence-corrected chi connectivity index (χ4v) is 5.66. The van der Waals surface area contributed by atoms with Gasteiger partial charge in [0.2, 0.25) is 11.9 Å². The van der Waals surface area contributed by atoms with Crippen LogP contribution in [0.1, 0.15) is 47.8 Å². The molecule has 0 saturated heterocycles. The molecule has 5 rings (SSSR count). The predicted molar refractivity (Wildman–Crippen MR) is 181 cm³/mol. The number of carbonyl (C=O) groups excluding carboxylic acids is 2. The van der Waals surface area contributed by atoms with Gasteiger partial charge in [-0.15, -0.1) is 0 Å². The number of rotatable bonds is 12. The lowest BCUT2D eigenvalue weighted by Gasteiger charge is -2.26. The van der Waals surface area contributed by atoms with Gasteiger partial charge >= 0.3 is 0 Å². The Kier molecular flexibility index (Phi) is 9.83. The number of fused-ring (bicyclic) bond motifs is 1. The normalized spacial score (nSPS) is 13.0. The number of ether oxygens (including phenoxy) is 1. The molecule has 2 heterocycles. The van der Waals surface area contributed by atoms with E-state index in [4.69, 9.17) is 9.72 Å². The lowest BCUT2D eigenvalue weighted by molar-refractivity contribution is -0.111. The second kappa shape index (κ2) is 14.1. The Bertz CT molecular complexity index is 1800. The Morgan fingerprint density at radius 1 is 1.11 bits per heavy atom. The number of nitrogens with zero attached hydrogens (tertiary/aromatic N) is 6. The number of hydrogen-bond acceptors (Lipinski definition) is 9. The average molecular weight is 622 g/mol. The molecule has 0 unspecified atom stereocenters. The molecule has 1 saturated carbocycles. The van der Waals surface area contributed by atoms with Gasteiger partial charge in [0.25, 0.3) is 5.91 Å². The first-order valence-electron chi connectivity index (χ1n) is 15.2. The number of benzene rings is 2. The van der Waals surface area contributed by atoms with Gasteiger partial charge in [0.05, 0.1) is 35.8 Å². The molecule has 238 valence electrons. The highest BCUT2D eigenvalue weighted by Gasteiger charge is 2.26. The first kappa shape index (κ1) is 32.0. The van der Waals surface area contributed by atoms with Crippen molar-refractivity contribution in [1.82, 2.24) is 19.4 Å². The van der Waals surface area contributed by atoms with Gasteiger partial charge in [-0.3, -0.25) is 9.59 Å². The van der Waals surface area contributed by atoms with Gasteiger partial charge in [-0.25, -0.2) is 4.98 Å². The fraction of sp³-hybridized carbons (Fsp3) is 0.324. The summed E-state index contributed by atoms with van der Waals surface area (Å²) in [6, 6.07) is 14.5. The number of hydrogen-bond donors (Lipinski definition) is 3. The van der Waals surface area contributed by atoms with E-state index in [1.807, 2.05) is 42.7 Å². The van der Waals surface area contributed by atoms with E-state index in [0.717, 1.165) is 49.8 Å². The SMILES string of the molecule is C=CC(=O)Nc1cc(Nc2ncc3cc(C(=O)Nc4cccc(C#N)c4)n(C4CCCC4)c3n2)c(OC)cc1N(C)CCN(C)C. The predicted octanol–water partition coefficient (Wildman–Crippen LogP) is 5.54. The molecule has 1 aliphatic carbocycles. The van der Waals surface area contributed by atoms with E-state index in [9.17, 15) is 14.9 Å². The van der Waals surface area contributed by atoms with E-state index in [2.05, 4.69) is 38.5 Å². The maximum atomic E-state index is 13.6. The second-order valence-electron chi connectivity index (χ2n) is 11.6. The van der Waals surface area contributed by atoms with Crippen LogP contribution in [-0.4, -0.2) is 72.6 Å². The summed E-state index contributed by atoms with van der Waals surface area (Å²) in [6.07, 6.45) is 6.92. The molecule has 0 bridgehead atoms. The van der Waals surface area contributed by atoms with Gasteiger partial charge in [0, 0.05) is 49.5 Å². The number of carbonyl (C=O) groups is 2. The number of aromatic nitrogens is 3. The number of amides is 2. The van der Waals surface area contributed by atoms with E-state index < -0.39 is 0 Å². The maximum absolute atomic E-state index is 13.6. The smallest absolute Gasteiger partial charge is 0.272 e. The second-order valence-corrected chi connectivity index (χ2v) is 11.6. The minimum absolute atomic E-state index is 0.110. The maximum Gasteiger partial charge on any atom is 0.272 e. The number of nitriles is 1. The highest BCUT2D eigenvalue weighted by Crippen LogP contribution is 2.39. The van der Waals surface area contributed by atoms with E-state index in [0.29, 0.717) is 45.7 Å². The molecule has 2 aromatic carbocycles. The Labute approximate surface area is 268 Å². The Hall–Kier alpha value is -5.41. The van der Waals surface area contributed by atoms with Crippen molar-refractivity contribution in [1.29, 1.82) is 5.26 Å². The van der Waals surface area contributed by atoms with Crippen molar-refractivity contribution in [3.05, 3.63) is 72.6 Å². The number of methoxy groups -OCH3 is 1. The van der Waals surface area contributed by atoms with Crippen LogP contribution in [0.5, 0.6) is 5.75 Å². The Morgan fingerprint density at radius 3 is 2.59 bits per heavy atom. The van der Waals surface area contributed by atoms with E-state index >= 15 is 0 Å². The van der Waals surface area contributed by atoms with Crippen LogP contribution in [0.15, 0.2) is 61.3 Å². The molecule has 0 atom stereocenters. The summed E-state index contributed by atoms with van der Waals surface area (Å²) in [4.78, 5) is 39.6. The monoisotopic (exact) mass is 621 g/mol. The molecule has 0 radical (unpaired) electrons. The average Bonchev–Trinajstić information content (AvgIpc) is 3.72. The standard InChI is InChI=1S/C34H39N9O3/c1-6-31(44)38-26-18-27(30(46-5)19-28(26)42(4)15-14-41(2)3)39-34-36-21-23-17-29(43(32(23)40-34)25-12-7-8-13-25)33(45)37-24-11-9-10-22(16-24)20-35/h6,9-11,16-19,21,25H,1,7-8,12-15H2,2-5H3,(H,37,45)(H,38,44)(H,36,39,40). The molecule has 12 nitrogen and oxygen atoms in total. The molecular weight excluding hydrogens is 582 g/mol. The minimum atomic E-state index is -0.337. The zero-order valence-electron chi connectivity index (χ0n) is 26.6. The molecule has 1 fully saturated rings. The summed E-state index contributed by atoms with van der Waals surface area (Å²) in [6.45, 7) is 5.13. The van der Waals surface area contributed by atoms with Crippen molar-refractivity contribution in [3.63, 3.8) is 0 Å². The molecule has 2 amide bonds. The largest absolute Gasteiger partial charge is 0.494 e. The van der Waals surface area contributed by atoms with Crippen LogP contribution in [0.4, 0.5) is 28.7 Å². The van der Waals surface area contributed by atoms with Gasteiger partial charge in [0.15, 0.2) is 0 Å². The molecule has 46 heavy (non-hydrogen) atoms. The zero-order chi connectivity index (χ0) is 32.8. The quantitative estimate of drug-likeness (QED) is 0.174. The first-order chi connectivity index (χ1) is 22.2. The van der Waals surface area contributed by atoms with Gasteiger partial charge in [-0.1, -0.05) is 25.5 Å². The molecule has 0 spiro atoms. The summed E-state index contributed by atoms with van der Waals surface area (Å²) in [5, 5.41) is 19.1. The van der Waals surface area contributed by atoms with Crippen LogP contribution >= 0.6 is 0 Å². The van der Waals surface area contributed by atoms with Crippen molar-refractivity contribution in [2.45, 2.75) is 31.7 Å². The minimum Gasteiger partial charge on any atom is -0.494 e. The zero-order valence-corrected chi connectivity index (χ0v) is 26.6. The fourth-order valence-electron chi connectivity index (χ4n) is 5.66. The van der Waals surface area contributed by atoms with Crippen LogP contribution in [0.25, 0.3) is 11.0 Å². The summed E-state index contributed by atoms with van der Waals surface area (Å²) in [5.41, 5.74) is 4.04. The van der Waals surface area contributed by atoms with Crippen molar-refractivity contribution in [2.24, 2.45) is 0 Å². The van der Waals surface area contributed by atoms with Gasteiger partial charge in [0.1, 0.15) is 17.1 Å². The number of anilines is 5. The van der Waals surface area contributed by atoms with Crippen LogP contribution in [0, 0.1) is 11.3 Å². The lowest BCUT2D eigenvalue weighted by Crippen LogP contribution is -2.29. The summed E-state index contributed by atoms with van der Waals surface area (Å²) >= 11 is 0. The third kappa shape index (κ3) is 7.11. The molecule has 1 aliphatic rings. The molecule has 4 aromatic rings. The molecule has 3 N–H and O–H groups in total. The number of likely N-dealkylation sites (N-methyl/N-ethyl adjacent to an activating group) is 2. The van der Waals surface area contributed by atoms with Crippen LogP contribution in [0.3, 0.4) is 0 Å². The van der Waals surface area contributed by atoms with Gasteiger partial charge < -0.3 is 35.1 Å². The summed E-state index contributed by atoms with van der Waals surface area (Å²) in [7, 11) is 7.55. The highest BCUT2D eigenvalue weighted by atomic mass is 16.5. The van der Waals surface area contributed by atoms with E-state index in [1.54, 1.807) is 43.6 Å². The van der Waals surface area contributed by atoms with E-state index in [1.165, 1.54) is 6.08 Å². The van der Waals surface area contributed by atoms with Crippen LogP contribution in [0.2, 0.25) is 0 Å². The topological polar surface area (TPSA) is 140 Å². The van der Waals surface area contributed by atoms with Gasteiger partial charge in [-0.2, -0.15) is 10.2 Å². The van der Waals surface area contributed by atoms with E-state index in [-0.39, 0.29) is 17.9 Å². The Morgan fingerprint density at radius 2 is 1.89 bits per heavy atom. The third-order valence-electron chi connectivity index (χ3n) is 8.05. The molecule has 0 aliphatic heterocycles. The summed E-state index contributed by atoms with van der Waals surface area (Å²) in [5.74, 6) is 0.229. The molecule has 12 heteroatoms. The number of nitrogens with one attached hydrogen (secondary N) is 3. The highest BCUT2D eigenvalue weighted by molar-refractivity contribution is 6.06.